The van der Waals surface area contributed by atoms with Crippen LogP contribution in [0.25, 0.3) is 11.4 Å². The summed E-state index contributed by atoms with van der Waals surface area (Å²) in [6, 6.07) is 13.8. The first-order valence-corrected chi connectivity index (χ1v) is 13.3. The maximum Gasteiger partial charge on any atom is 0.257 e. The number of methoxy groups -OCH3 is 1. The second kappa shape index (κ2) is 9.79. The number of para-hydroxylation sites is 1. The molecule has 0 saturated carbocycles. The van der Waals surface area contributed by atoms with Gasteiger partial charge in [0.05, 0.1) is 23.5 Å². The number of likely N-dealkylation sites (tertiary alicyclic amines) is 1. The van der Waals surface area contributed by atoms with Crippen molar-refractivity contribution in [3.05, 3.63) is 60.0 Å². The van der Waals surface area contributed by atoms with Crippen LogP contribution in [0.2, 0.25) is 0 Å². The first kappa shape index (κ1) is 23.5. The summed E-state index contributed by atoms with van der Waals surface area (Å²) < 4.78 is 38.0. The molecule has 3 aromatic rings. The number of aromatic nitrogens is 2. The molecular formula is C25H28N4O5S. The molecule has 2 aliphatic heterocycles. The van der Waals surface area contributed by atoms with Gasteiger partial charge >= 0.3 is 0 Å². The van der Waals surface area contributed by atoms with Crippen molar-refractivity contribution >= 4 is 15.9 Å². The minimum Gasteiger partial charge on any atom is -0.496 e. The lowest BCUT2D eigenvalue weighted by Gasteiger charge is -2.31. The van der Waals surface area contributed by atoms with Crippen LogP contribution in [0.5, 0.6) is 5.75 Å². The Balaban J connectivity index is 1.30. The van der Waals surface area contributed by atoms with Crippen molar-refractivity contribution in [2.75, 3.05) is 33.3 Å². The Kier molecular flexibility index (Phi) is 6.57. The number of sulfonamides is 1. The Morgan fingerprint density at radius 3 is 2.51 bits per heavy atom. The monoisotopic (exact) mass is 496 g/mol. The number of nitrogens with zero attached hydrogens (tertiary/aromatic N) is 4. The topological polar surface area (TPSA) is 106 Å². The van der Waals surface area contributed by atoms with Crippen LogP contribution in [0, 0.1) is 0 Å². The molecule has 10 heteroatoms. The Hall–Kier alpha value is -3.24. The maximum absolute atomic E-state index is 13.1. The van der Waals surface area contributed by atoms with Crippen molar-refractivity contribution in [3.8, 4) is 17.1 Å². The molecule has 0 unspecified atom stereocenters. The Morgan fingerprint density at radius 2 is 1.77 bits per heavy atom. The predicted molar refractivity (Wildman–Crippen MR) is 129 cm³/mol. The molecule has 0 N–H and O–H groups in total. The average molecular weight is 497 g/mol. The van der Waals surface area contributed by atoms with Crippen molar-refractivity contribution in [3.63, 3.8) is 0 Å². The number of amides is 1. The second-order valence-electron chi connectivity index (χ2n) is 8.88. The third-order valence-corrected chi connectivity index (χ3v) is 8.57. The van der Waals surface area contributed by atoms with Gasteiger partial charge in [-0.15, -0.1) is 0 Å². The highest BCUT2D eigenvalue weighted by atomic mass is 32.2. The zero-order chi connectivity index (χ0) is 24.4. The number of hydrogen-bond acceptors (Lipinski definition) is 7. The first-order chi connectivity index (χ1) is 17.0. The summed E-state index contributed by atoms with van der Waals surface area (Å²) in [6.45, 7) is 2.26. The summed E-state index contributed by atoms with van der Waals surface area (Å²) in [6.07, 6.45) is 3.45. The van der Waals surface area contributed by atoms with Gasteiger partial charge in [-0.2, -0.15) is 9.29 Å². The highest BCUT2D eigenvalue weighted by molar-refractivity contribution is 7.89. The van der Waals surface area contributed by atoms with Crippen LogP contribution >= 0.6 is 0 Å². The van der Waals surface area contributed by atoms with Crippen molar-refractivity contribution in [1.29, 1.82) is 0 Å². The smallest absolute Gasteiger partial charge is 0.257 e. The molecule has 1 amide bonds. The van der Waals surface area contributed by atoms with E-state index in [0.717, 1.165) is 25.7 Å². The minimum absolute atomic E-state index is 0.0709. The molecule has 1 atom stereocenters. The Morgan fingerprint density at radius 1 is 1.03 bits per heavy atom. The highest BCUT2D eigenvalue weighted by Gasteiger charge is 2.31. The van der Waals surface area contributed by atoms with Gasteiger partial charge in [-0.05, 0) is 62.1 Å². The quantitative estimate of drug-likeness (QED) is 0.514. The van der Waals surface area contributed by atoms with Crippen molar-refractivity contribution in [1.82, 2.24) is 19.3 Å². The lowest BCUT2D eigenvalue weighted by Crippen LogP contribution is -2.39. The van der Waals surface area contributed by atoms with Gasteiger partial charge in [0.2, 0.25) is 21.7 Å². The number of ether oxygens (including phenoxy) is 1. The number of carbonyl (C=O) groups is 1. The van der Waals surface area contributed by atoms with Crippen molar-refractivity contribution in [2.24, 2.45) is 0 Å². The van der Waals surface area contributed by atoms with E-state index in [4.69, 9.17) is 9.26 Å². The van der Waals surface area contributed by atoms with E-state index in [0.29, 0.717) is 54.8 Å². The molecule has 9 nitrogen and oxygen atoms in total. The second-order valence-corrected chi connectivity index (χ2v) is 10.8. The molecule has 3 heterocycles. The molecule has 2 aromatic carbocycles. The van der Waals surface area contributed by atoms with Gasteiger partial charge in [0.15, 0.2) is 0 Å². The molecule has 184 valence electrons. The number of carbonyl (C=O) groups excluding carboxylic acids is 1. The molecule has 2 aliphatic rings. The number of benzene rings is 2. The van der Waals surface area contributed by atoms with E-state index in [1.807, 2.05) is 12.1 Å². The van der Waals surface area contributed by atoms with Crippen LogP contribution in [0.15, 0.2) is 57.9 Å². The molecule has 0 bridgehead atoms. The van der Waals surface area contributed by atoms with Crippen LogP contribution in [-0.4, -0.2) is 67.0 Å². The molecule has 35 heavy (non-hydrogen) atoms. The third-order valence-electron chi connectivity index (χ3n) is 6.65. The summed E-state index contributed by atoms with van der Waals surface area (Å²) >= 11 is 0. The molecule has 1 aromatic heterocycles. The normalized spacial score (nSPS) is 19.1. The zero-order valence-electron chi connectivity index (χ0n) is 19.6. The van der Waals surface area contributed by atoms with E-state index in [-0.39, 0.29) is 16.7 Å². The van der Waals surface area contributed by atoms with Crippen LogP contribution in [0.3, 0.4) is 0 Å². The van der Waals surface area contributed by atoms with E-state index in [1.165, 1.54) is 4.31 Å². The fraction of sp³-hybridized carbons (Fsp3) is 0.400. The van der Waals surface area contributed by atoms with Crippen LogP contribution in [0.1, 0.15) is 47.8 Å². The predicted octanol–water partition coefficient (Wildman–Crippen LogP) is 3.55. The van der Waals surface area contributed by atoms with Gasteiger partial charge in [0.25, 0.3) is 5.91 Å². The highest BCUT2D eigenvalue weighted by Crippen LogP contribution is 2.30. The SMILES string of the molecule is COc1ccccc1C(=O)N1CCC[C@@H](c2nc(-c3ccc(S(=O)(=O)N4CCCC4)cc3)no2)C1. The Bertz CT molecular complexity index is 1300. The fourth-order valence-corrected chi connectivity index (χ4v) is 6.24. The summed E-state index contributed by atoms with van der Waals surface area (Å²) in [5.74, 6) is 1.28. The number of piperidine rings is 1. The van der Waals surface area contributed by atoms with Crippen LogP contribution in [0.4, 0.5) is 0 Å². The number of rotatable bonds is 6. The van der Waals surface area contributed by atoms with Gasteiger partial charge < -0.3 is 14.2 Å². The van der Waals surface area contributed by atoms with Gasteiger partial charge in [0, 0.05) is 31.7 Å². The summed E-state index contributed by atoms with van der Waals surface area (Å²) in [5.41, 5.74) is 1.21. The van der Waals surface area contributed by atoms with E-state index >= 15 is 0 Å². The van der Waals surface area contributed by atoms with Gasteiger partial charge in [-0.3, -0.25) is 4.79 Å². The molecule has 0 radical (unpaired) electrons. The lowest BCUT2D eigenvalue weighted by molar-refractivity contribution is 0.0692. The third kappa shape index (κ3) is 4.68. The largest absolute Gasteiger partial charge is 0.496 e. The minimum atomic E-state index is -3.47. The maximum atomic E-state index is 13.1. The molecule has 0 aliphatic carbocycles. The van der Waals surface area contributed by atoms with E-state index in [2.05, 4.69) is 10.1 Å². The molecule has 5 rings (SSSR count). The zero-order valence-corrected chi connectivity index (χ0v) is 20.4. The summed E-state index contributed by atoms with van der Waals surface area (Å²) in [5, 5.41) is 4.12. The van der Waals surface area contributed by atoms with Gasteiger partial charge in [0.1, 0.15) is 5.75 Å². The molecule has 0 spiro atoms. The fourth-order valence-electron chi connectivity index (χ4n) is 4.73. The lowest BCUT2D eigenvalue weighted by atomic mass is 9.97. The number of hydrogen-bond donors (Lipinski definition) is 0. The molecule has 2 fully saturated rings. The van der Waals surface area contributed by atoms with Crippen molar-refractivity contribution < 1.29 is 22.5 Å². The van der Waals surface area contributed by atoms with Gasteiger partial charge in [-0.25, -0.2) is 8.42 Å². The van der Waals surface area contributed by atoms with E-state index < -0.39 is 10.0 Å². The van der Waals surface area contributed by atoms with Crippen LogP contribution in [-0.2, 0) is 10.0 Å². The van der Waals surface area contributed by atoms with Crippen LogP contribution < -0.4 is 4.74 Å². The van der Waals surface area contributed by atoms with E-state index in [9.17, 15) is 13.2 Å². The average Bonchev–Trinajstić information content (AvgIpc) is 3.62. The van der Waals surface area contributed by atoms with Gasteiger partial charge in [-0.1, -0.05) is 17.3 Å². The summed E-state index contributed by atoms with van der Waals surface area (Å²) in [7, 11) is -1.91. The molecular weight excluding hydrogens is 468 g/mol. The summed E-state index contributed by atoms with van der Waals surface area (Å²) in [4.78, 5) is 19.8. The van der Waals surface area contributed by atoms with E-state index in [1.54, 1.807) is 48.4 Å². The molecule has 2 saturated heterocycles. The van der Waals surface area contributed by atoms with Crippen molar-refractivity contribution in [2.45, 2.75) is 36.5 Å². The standard InChI is InChI=1S/C25H28N4O5S/c1-33-22-9-3-2-8-21(22)25(30)28-14-6-7-19(17-28)24-26-23(27-34-24)18-10-12-20(13-11-18)35(31,32)29-15-4-5-16-29/h2-3,8-13,19H,4-7,14-17H2,1H3/t19-/m1/s1. The first-order valence-electron chi connectivity index (χ1n) is 11.8. The Labute approximate surface area is 204 Å².